The molecule has 0 aromatic heterocycles. The lowest BCUT2D eigenvalue weighted by Crippen LogP contribution is -2.02. The highest BCUT2D eigenvalue weighted by molar-refractivity contribution is 7.93. The van der Waals surface area contributed by atoms with Gasteiger partial charge in [-0.1, -0.05) is 72.1 Å². The van der Waals surface area contributed by atoms with Crippen LogP contribution in [0.15, 0.2) is 94.9 Å². The van der Waals surface area contributed by atoms with Crippen LogP contribution in [0.25, 0.3) is 4.83 Å². The number of hydrogen-bond donors (Lipinski definition) is 0. The molecule has 4 nitrogen and oxygen atoms in total. The normalized spacial score (nSPS) is 11.4. The second kappa shape index (κ2) is 8.35. The van der Waals surface area contributed by atoms with Crippen LogP contribution in [0.1, 0.15) is 16.7 Å². The van der Waals surface area contributed by atoms with Crippen molar-refractivity contribution in [3.63, 3.8) is 0 Å². The molecular formula is C22H17N2O2S-. The van der Waals surface area contributed by atoms with E-state index in [1.54, 1.807) is 12.1 Å². The van der Waals surface area contributed by atoms with Crippen LogP contribution in [0.3, 0.4) is 0 Å². The Hall–Kier alpha value is -3.36. The van der Waals surface area contributed by atoms with Gasteiger partial charge in [-0.25, -0.2) is 8.42 Å². The summed E-state index contributed by atoms with van der Waals surface area (Å²) in [6.07, 6.45) is 0. The van der Waals surface area contributed by atoms with E-state index in [4.69, 9.17) is 0 Å². The van der Waals surface area contributed by atoms with Crippen molar-refractivity contribution in [3.8, 4) is 11.8 Å². The lowest BCUT2D eigenvalue weighted by Gasteiger charge is -2.17. The fourth-order valence-corrected chi connectivity index (χ4v) is 3.02. The Labute approximate surface area is 159 Å². The Morgan fingerprint density at radius 1 is 0.852 bits per heavy atom. The van der Waals surface area contributed by atoms with Gasteiger partial charge in [0.25, 0.3) is 0 Å². The van der Waals surface area contributed by atoms with E-state index in [1.807, 2.05) is 67.6 Å². The summed E-state index contributed by atoms with van der Waals surface area (Å²) in [5.74, 6) is 5.92. The van der Waals surface area contributed by atoms with E-state index in [0.717, 1.165) is 11.1 Å². The van der Waals surface area contributed by atoms with E-state index < -0.39 is 10.0 Å². The van der Waals surface area contributed by atoms with Gasteiger partial charge in [0.2, 0.25) is 0 Å². The van der Waals surface area contributed by atoms with E-state index in [9.17, 15) is 8.42 Å². The Bertz CT molecular complexity index is 1090. The Morgan fingerprint density at radius 3 is 2.07 bits per heavy atom. The molecule has 3 aromatic rings. The van der Waals surface area contributed by atoms with Gasteiger partial charge in [-0.2, -0.15) is 0 Å². The quantitative estimate of drug-likeness (QED) is 0.384. The van der Waals surface area contributed by atoms with Crippen molar-refractivity contribution >= 4 is 15.7 Å². The molecule has 0 aliphatic rings. The van der Waals surface area contributed by atoms with Crippen molar-refractivity contribution in [2.24, 2.45) is 5.10 Å². The van der Waals surface area contributed by atoms with Crippen LogP contribution in [0, 0.1) is 18.8 Å². The number of sulfonamides is 1. The van der Waals surface area contributed by atoms with Crippen LogP contribution in [-0.2, 0) is 10.0 Å². The van der Waals surface area contributed by atoms with E-state index >= 15 is 0 Å². The van der Waals surface area contributed by atoms with Gasteiger partial charge in [-0.15, -0.1) is 0 Å². The van der Waals surface area contributed by atoms with Gasteiger partial charge in [-0.05, 0) is 37.1 Å². The first-order valence-electron chi connectivity index (χ1n) is 8.29. The van der Waals surface area contributed by atoms with Gasteiger partial charge in [-0.3, -0.25) is 0 Å². The highest BCUT2D eigenvalue weighted by Gasteiger charge is 2.04. The summed E-state index contributed by atoms with van der Waals surface area (Å²) in [5, 5.41) is 3.96. The summed E-state index contributed by atoms with van der Waals surface area (Å²) in [6, 6.07) is 25.1. The smallest absolute Gasteiger partial charge is 0.135 e. The van der Waals surface area contributed by atoms with Gasteiger partial charge in [0, 0.05) is 11.1 Å². The number of nitrogens with zero attached hydrogens (tertiary/aromatic N) is 2. The third-order valence-corrected chi connectivity index (χ3v) is 4.88. The molecule has 0 N–H and O–H groups in total. The van der Waals surface area contributed by atoms with Crippen LogP contribution >= 0.6 is 0 Å². The molecular weight excluding hydrogens is 356 g/mol. The van der Waals surface area contributed by atoms with Gasteiger partial charge in [0.15, 0.2) is 0 Å². The predicted molar refractivity (Wildman–Crippen MR) is 108 cm³/mol. The molecule has 0 radical (unpaired) electrons. The second-order valence-electron chi connectivity index (χ2n) is 5.80. The molecule has 0 amide bonds. The van der Waals surface area contributed by atoms with E-state index in [0.29, 0.717) is 5.56 Å². The number of aryl methyl sites for hydroxylation is 1. The summed E-state index contributed by atoms with van der Waals surface area (Å²) >= 11 is 0. The fourth-order valence-electron chi connectivity index (χ4n) is 2.26. The maximum absolute atomic E-state index is 12.4. The maximum Gasteiger partial charge on any atom is 0.135 e. The summed E-state index contributed by atoms with van der Waals surface area (Å²) in [5.41, 5.74) is 2.76. The monoisotopic (exact) mass is 373 g/mol. The number of hydrogen-bond acceptors (Lipinski definition) is 3. The topological polar surface area (TPSA) is 60.6 Å². The van der Waals surface area contributed by atoms with Crippen molar-refractivity contribution < 1.29 is 8.42 Å². The van der Waals surface area contributed by atoms with E-state index in [-0.39, 0.29) is 10.6 Å². The van der Waals surface area contributed by atoms with Crippen molar-refractivity contribution in [3.05, 3.63) is 106 Å². The zero-order valence-electron chi connectivity index (χ0n) is 14.7. The molecule has 0 atom stereocenters. The fraction of sp³-hybridized carbons (Fsp3) is 0.0455. The van der Waals surface area contributed by atoms with E-state index in [1.165, 1.54) is 12.1 Å². The molecule has 5 heteroatoms. The SMILES string of the molecule is Cc1ccc(S(=O)(=O)[N-]/N=C(/C#Cc2ccccc2)c2ccccc2)cc1. The zero-order chi connectivity index (χ0) is 19.1. The summed E-state index contributed by atoms with van der Waals surface area (Å²) < 4.78 is 24.9. The highest BCUT2D eigenvalue weighted by atomic mass is 32.2. The van der Waals surface area contributed by atoms with Crippen LogP contribution in [-0.4, -0.2) is 14.1 Å². The van der Waals surface area contributed by atoms with Crippen LogP contribution in [0.2, 0.25) is 0 Å². The first kappa shape index (κ1) is 18.4. The summed E-state index contributed by atoms with van der Waals surface area (Å²) in [6.45, 7) is 1.89. The molecule has 3 aromatic carbocycles. The standard InChI is InChI=1S/C22H17N2O2S/c1-18-12-15-21(16-13-18)27(25,26)24-23-22(20-10-6-3-7-11-20)17-14-19-8-4-2-5-9-19/h2-13,15-16H,1H3/q-1/b23-22-. The second-order valence-corrected chi connectivity index (χ2v) is 7.39. The maximum atomic E-state index is 12.4. The Balaban J connectivity index is 1.93. The van der Waals surface area contributed by atoms with Gasteiger partial charge >= 0.3 is 0 Å². The lowest BCUT2D eigenvalue weighted by atomic mass is 10.1. The lowest BCUT2D eigenvalue weighted by molar-refractivity contribution is 0.602. The average molecular weight is 373 g/mol. The number of rotatable bonds is 4. The first-order valence-corrected chi connectivity index (χ1v) is 9.73. The Morgan fingerprint density at radius 2 is 1.44 bits per heavy atom. The van der Waals surface area contributed by atoms with Crippen LogP contribution < -0.4 is 0 Å². The minimum Gasteiger partial charge on any atom is -0.489 e. The molecule has 0 bridgehead atoms. The molecule has 3 rings (SSSR count). The van der Waals surface area contributed by atoms with Crippen LogP contribution in [0.5, 0.6) is 0 Å². The van der Waals surface area contributed by atoms with Gasteiger partial charge in [0.05, 0.1) is 4.90 Å². The average Bonchev–Trinajstić information content (AvgIpc) is 2.70. The molecule has 0 saturated heterocycles. The molecule has 0 unspecified atom stereocenters. The molecule has 0 spiro atoms. The van der Waals surface area contributed by atoms with Crippen molar-refractivity contribution in [1.29, 1.82) is 0 Å². The molecule has 0 saturated carbocycles. The third-order valence-electron chi connectivity index (χ3n) is 3.71. The van der Waals surface area contributed by atoms with Crippen molar-refractivity contribution in [2.45, 2.75) is 11.8 Å². The molecule has 134 valence electrons. The zero-order valence-corrected chi connectivity index (χ0v) is 15.5. The first-order chi connectivity index (χ1) is 13.0. The summed E-state index contributed by atoms with van der Waals surface area (Å²) in [4.78, 5) is 3.70. The predicted octanol–water partition coefficient (Wildman–Crippen LogP) is 4.51. The van der Waals surface area contributed by atoms with Crippen molar-refractivity contribution in [1.82, 2.24) is 0 Å². The minimum atomic E-state index is -3.89. The minimum absolute atomic E-state index is 0.0975. The largest absolute Gasteiger partial charge is 0.489 e. The molecule has 0 aliphatic carbocycles. The van der Waals surface area contributed by atoms with Gasteiger partial charge < -0.3 is 9.93 Å². The molecule has 0 fully saturated rings. The van der Waals surface area contributed by atoms with E-state index in [2.05, 4.69) is 21.8 Å². The molecule has 0 aliphatic heterocycles. The van der Waals surface area contributed by atoms with Crippen LogP contribution in [0.4, 0.5) is 0 Å². The highest BCUT2D eigenvalue weighted by Crippen LogP contribution is 2.18. The Kier molecular flexibility index (Phi) is 5.70. The molecule has 0 heterocycles. The molecule has 27 heavy (non-hydrogen) atoms. The van der Waals surface area contributed by atoms with Crippen molar-refractivity contribution in [2.75, 3.05) is 0 Å². The third kappa shape index (κ3) is 5.06. The summed E-state index contributed by atoms with van der Waals surface area (Å²) in [7, 11) is -3.89. The number of benzene rings is 3. The van der Waals surface area contributed by atoms with Gasteiger partial charge in [0.1, 0.15) is 15.7 Å².